The predicted molar refractivity (Wildman–Crippen MR) is 102 cm³/mol. The van der Waals surface area contributed by atoms with E-state index in [2.05, 4.69) is 15.2 Å². The second kappa shape index (κ2) is 9.91. The predicted octanol–water partition coefficient (Wildman–Crippen LogP) is 3.33. The summed E-state index contributed by atoms with van der Waals surface area (Å²) in [6.07, 6.45) is 10.1. The summed E-state index contributed by atoms with van der Waals surface area (Å²) in [4.78, 5) is 4.52. The number of pyridine rings is 1. The van der Waals surface area contributed by atoms with Crippen LogP contribution >= 0.6 is 0 Å². The van der Waals surface area contributed by atoms with Gasteiger partial charge in [0.25, 0.3) is 0 Å². The Morgan fingerprint density at radius 3 is 2.96 bits per heavy atom. The van der Waals surface area contributed by atoms with Crippen molar-refractivity contribution in [3.8, 4) is 17.1 Å². The van der Waals surface area contributed by atoms with Crippen molar-refractivity contribution in [1.29, 1.82) is 0 Å². The van der Waals surface area contributed by atoms with Gasteiger partial charge < -0.3 is 20.4 Å². The van der Waals surface area contributed by atoms with Crippen molar-refractivity contribution in [3.63, 3.8) is 0 Å². The van der Waals surface area contributed by atoms with Crippen molar-refractivity contribution in [2.24, 2.45) is 10.9 Å². The first kappa shape index (κ1) is 19.2. The maximum Gasteiger partial charge on any atom is 0.150 e. The minimum absolute atomic E-state index is 0.00797. The van der Waals surface area contributed by atoms with Gasteiger partial charge in [-0.05, 0) is 56.7 Å². The smallest absolute Gasteiger partial charge is 0.150 e. The Bertz CT molecular complexity index is 723. The molecule has 0 saturated carbocycles. The molecule has 0 spiro atoms. The van der Waals surface area contributed by atoms with E-state index in [1.807, 2.05) is 22.9 Å². The molecule has 0 radical (unpaired) electrons. The molecule has 8 nitrogen and oxygen atoms in total. The summed E-state index contributed by atoms with van der Waals surface area (Å²) in [5.41, 5.74) is 7.25. The molecule has 2 aromatic rings. The van der Waals surface area contributed by atoms with Gasteiger partial charge in [-0.2, -0.15) is 5.10 Å². The molecular weight excluding hydrogens is 346 g/mol. The topological polar surface area (TPSA) is 108 Å². The Kier molecular flexibility index (Phi) is 7.04. The van der Waals surface area contributed by atoms with E-state index < -0.39 is 0 Å². The second-order valence-corrected chi connectivity index (χ2v) is 6.61. The highest BCUT2D eigenvalue weighted by Crippen LogP contribution is 2.27. The van der Waals surface area contributed by atoms with E-state index in [1.165, 1.54) is 0 Å². The molecule has 146 valence electrons. The van der Waals surface area contributed by atoms with Crippen LogP contribution in [0.25, 0.3) is 11.4 Å². The number of rotatable bonds is 9. The van der Waals surface area contributed by atoms with Gasteiger partial charge in [-0.15, -0.1) is 0 Å². The molecule has 3 rings (SSSR count). The van der Waals surface area contributed by atoms with Crippen LogP contribution in [-0.4, -0.2) is 39.0 Å². The molecule has 27 heavy (non-hydrogen) atoms. The van der Waals surface area contributed by atoms with Crippen LogP contribution in [0.2, 0.25) is 0 Å². The Morgan fingerprint density at radius 1 is 1.30 bits per heavy atom. The highest BCUT2D eigenvalue weighted by atomic mass is 16.5. The first-order chi connectivity index (χ1) is 13.3. The first-order valence-corrected chi connectivity index (χ1v) is 9.48. The van der Waals surface area contributed by atoms with Crippen LogP contribution in [0.3, 0.4) is 0 Å². The van der Waals surface area contributed by atoms with Gasteiger partial charge in [0.15, 0.2) is 6.23 Å². The third kappa shape index (κ3) is 5.43. The zero-order valence-electron chi connectivity index (χ0n) is 15.5. The maximum atomic E-state index is 8.49. The highest BCUT2D eigenvalue weighted by Gasteiger charge is 2.19. The molecule has 2 aromatic heterocycles. The van der Waals surface area contributed by atoms with E-state index in [1.54, 1.807) is 12.4 Å². The standard InChI is InChI=1S/C19H27N5O3/c20-18(23-25)6-2-1-4-12-26-15-8-9-16(21-14-15)17-10-11-22-24(17)19-7-3-5-13-27-19/h8-11,14,19,25H,1-7,12-13H2,(H2,20,23). The molecule has 3 heterocycles. The second-order valence-electron chi connectivity index (χ2n) is 6.61. The van der Waals surface area contributed by atoms with Crippen molar-refractivity contribution in [2.75, 3.05) is 13.2 Å². The van der Waals surface area contributed by atoms with Gasteiger partial charge in [0, 0.05) is 19.2 Å². The number of hydrogen-bond acceptors (Lipinski definition) is 6. The van der Waals surface area contributed by atoms with Gasteiger partial charge >= 0.3 is 0 Å². The van der Waals surface area contributed by atoms with Crippen LogP contribution in [0, 0.1) is 0 Å². The number of nitrogens with zero attached hydrogens (tertiary/aromatic N) is 4. The van der Waals surface area contributed by atoms with E-state index in [-0.39, 0.29) is 12.1 Å². The van der Waals surface area contributed by atoms with Gasteiger partial charge in [-0.1, -0.05) is 5.16 Å². The van der Waals surface area contributed by atoms with Gasteiger partial charge in [-0.25, -0.2) is 4.68 Å². The summed E-state index contributed by atoms with van der Waals surface area (Å²) in [7, 11) is 0. The van der Waals surface area contributed by atoms with Crippen LogP contribution in [0.5, 0.6) is 5.75 Å². The maximum absolute atomic E-state index is 8.49. The van der Waals surface area contributed by atoms with E-state index in [9.17, 15) is 0 Å². The van der Waals surface area contributed by atoms with E-state index >= 15 is 0 Å². The lowest BCUT2D eigenvalue weighted by molar-refractivity contribution is -0.0384. The van der Waals surface area contributed by atoms with Crippen LogP contribution in [0.4, 0.5) is 0 Å². The molecule has 1 aliphatic heterocycles. The van der Waals surface area contributed by atoms with Crippen LogP contribution in [0.1, 0.15) is 51.2 Å². The number of oxime groups is 1. The number of aromatic nitrogens is 3. The van der Waals surface area contributed by atoms with Gasteiger partial charge in [0.05, 0.1) is 24.2 Å². The quantitative estimate of drug-likeness (QED) is 0.229. The monoisotopic (exact) mass is 373 g/mol. The summed E-state index contributed by atoms with van der Waals surface area (Å²) in [6, 6.07) is 5.84. The molecule has 1 atom stereocenters. The van der Waals surface area contributed by atoms with Gasteiger partial charge in [0.1, 0.15) is 11.6 Å². The average molecular weight is 373 g/mol. The molecule has 1 unspecified atom stereocenters. The van der Waals surface area contributed by atoms with Crippen molar-refractivity contribution in [3.05, 3.63) is 30.6 Å². The normalized spacial score (nSPS) is 17.8. The average Bonchev–Trinajstić information content (AvgIpc) is 3.21. The van der Waals surface area contributed by atoms with Gasteiger partial charge in [0.2, 0.25) is 0 Å². The number of unbranched alkanes of at least 4 members (excludes halogenated alkanes) is 2. The minimum atomic E-state index is -0.00797. The summed E-state index contributed by atoms with van der Waals surface area (Å²) in [5, 5.41) is 15.9. The molecule has 0 bridgehead atoms. The Hall–Kier alpha value is -2.61. The fourth-order valence-electron chi connectivity index (χ4n) is 3.11. The zero-order valence-corrected chi connectivity index (χ0v) is 15.5. The molecule has 0 amide bonds. The number of amidine groups is 1. The number of ether oxygens (including phenoxy) is 2. The molecule has 1 fully saturated rings. The molecule has 0 aromatic carbocycles. The van der Waals surface area contributed by atoms with E-state index in [0.29, 0.717) is 13.0 Å². The number of nitrogens with two attached hydrogens (primary N) is 1. The lowest BCUT2D eigenvalue weighted by atomic mass is 10.2. The minimum Gasteiger partial charge on any atom is -0.492 e. The van der Waals surface area contributed by atoms with E-state index in [0.717, 1.165) is 62.3 Å². The fourth-order valence-corrected chi connectivity index (χ4v) is 3.11. The highest BCUT2D eigenvalue weighted by molar-refractivity contribution is 5.79. The SMILES string of the molecule is NC(CCCCCOc1ccc(-c2ccnn2C2CCCCO2)nc1)=NO. The number of hydrogen-bond donors (Lipinski definition) is 2. The summed E-state index contributed by atoms with van der Waals surface area (Å²) >= 11 is 0. The third-order valence-electron chi connectivity index (χ3n) is 4.57. The zero-order chi connectivity index (χ0) is 18.9. The molecule has 3 N–H and O–H groups in total. The molecular formula is C19H27N5O3. The Labute approximate surface area is 159 Å². The molecule has 0 aliphatic carbocycles. The Balaban J connectivity index is 1.49. The van der Waals surface area contributed by atoms with Crippen LogP contribution in [-0.2, 0) is 4.74 Å². The van der Waals surface area contributed by atoms with Crippen molar-refractivity contribution in [2.45, 2.75) is 51.2 Å². The summed E-state index contributed by atoms with van der Waals surface area (Å²) < 4.78 is 13.5. The largest absolute Gasteiger partial charge is 0.492 e. The van der Waals surface area contributed by atoms with Crippen molar-refractivity contribution in [1.82, 2.24) is 14.8 Å². The van der Waals surface area contributed by atoms with Crippen LogP contribution < -0.4 is 10.5 Å². The van der Waals surface area contributed by atoms with Gasteiger partial charge in [-0.3, -0.25) is 4.98 Å². The van der Waals surface area contributed by atoms with Crippen molar-refractivity contribution >= 4 is 5.84 Å². The third-order valence-corrected chi connectivity index (χ3v) is 4.57. The Morgan fingerprint density at radius 2 is 2.22 bits per heavy atom. The molecule has 1 saturated heterocycles. The van der Waals surface area contributed by atoms with E-state index in [4.69, 9.17) is 20.4 Å². The molecule has 1 aliphatic rings. The molecule has 8 heteroatoms. The lowest BCUT2D eigenvalue weighted by Crippen LogP contribution is -2.20. The summed E-state index contributed by atoms with van der Waals surface area (Å²) in [6.45, 7) is 1.40. The lowest BCUT2D eigenvalue weighted by Gasteiger charge is -2.24. The summed E-state index contributed by atoms with van der Waals surface area (Å²) in [5.74, 6) is 1.02. The van der Waals surface area contributed by atoms with Crippen molar-refractivity contribution < 1.29 is 14.7 Å². The van der Waals surface area contributed by atoms with Crippen LogP contribution in [0.15, 0.2) is 35.7 Å². The fraction of sp³-hybridized carbons (Fsp3) is 0.526. The first-order valence-electron chi connectivity index (χ1n) is 9.48.